The fourth-order valence-corrected chi connectivity index (χ4v) is 9.60. The molecule has 3 aliphatic carbocycles. The molecule has 9 nitrogen and oxygen atoms in total. The van der Waals surface area contributed by atoms with Crippen LogP contribution in [-0.2, 0) is 29.4 Å². The average Bonchev–Trinajstić information content (AvgIpc) is 3.64. The molecule has 226 valence electrons. The van der Waals surface area contributed by atoms with E-state index in [0.29, 0.717) is 26.2 Å². The van der Waals surface area contributed by atoms with E-state index >= 15 is 0 Å². The number of hydrogen-bond donors (Lipinski definition) is 2. The third-order valence-electron chi connectivity index (χ3n) is 10.7. The summed E-state index contributed by atoms with van der Waals surface area (Å²) < 4.78 is 35.5. The van der Waals surface area contributed by atoms with Crippen LogP contribution in [0.15, 0.2) is 41.6 Å². The van der Waals surface area contributed by atoms with E-state index in [1.165, 1.54) is 5.56 Å². The molecule has 2 atom stereocenters. The number of aromatic nitrogens is 2. The van der Waals surface area contributed by atoms with Crippen molar-refractivity contribution in [3.05, 3.63) is 64.0 Å². The maximum Gasteiger partial charge on any atom is 0.244 e. The molecule has 8 rings (SSSR count). The number of ether oxygens (including phenoxy) is 1. The molecular formula is C33H40N6O3S. The Bertz CT molecular complexity index is 1720. The molecule has 10 heteroatoms. The number of anilines is 1. The number of benzene rings is 1. The highest BCUT2D eigenvalue weighted by atomic mass is 32.2. The number of aryl methyl sites for hydroxylation is 1. The third kappa shape index (κ3) is 4.47. The molecule has 0 radical (unpaired) electrons. The van der Waals surface area contributed by atoms with Crippen LogP contribution in [0.3, 0.4) is 0 Å². The van der Waals surface area contributed by atoms with E-state index in [4.69, 9.17) is 15.1 Å². The van der Waals surface area contributed by atoms with Gasteiger partial charge < -0.3 is 20.4 Å². The molecule has 6 aliphatic rings. The van der Waals surface area contributed by atoms with Gasteiger partial charge in [-0.2, -0.15) is 4.31 Å². The molecule has 3 fully saturated rings. The van der Waals surface area contributed by atoms with Crippen LogP contribution in [0.2, 0.25) is 0 Å². The van der Waals surface area contributed by atoms with Crippen LogP contribution in [0.1, 0.15) is 56.0 Å². The van der Waals surface area contributed by atoms with E-state index in [2.05, 4.69) is 48.1 Å². The van der Waals surface area contributed by atoms with Crippen LogP contribution in [0.5, 0.6) is 5.75 Å². The molecule has 3 aliphatic heterocycles. The summed E-state index contributed by atoms with van der Waals surface area (Å²) >= 11 is 0. The first-order valence-electron chi connectivity index (χ1n) is 15.5. The van der Waals surface area contributed by atoms with Gasteiger partial charge in [0.25, 0.3) is 0 Å². The number of hydrogen-bond acceptors (Lipinski definition) is 8. The second-order valence-electron chi connectivity index (χ2n) is 14.7. The van der Waals surface area contributed by atoms with Gasteiger partial charge in [-0.05, 0) is 65.9 Å². The van der Waals surface area contributed by atoms with Gasteiger partial charge in [0.15, 0.2) is 0 Å². The average molecular weight is 601 g/mol. The number of fused-ring (bicyclic) bond motifs is 3. The summed E-state index contributed by atoms with van der Waals surface area (Å²) in [5.41, 5.74) is 5.61. The predicted molar refractivity (Wildman–Crippen MR) is 167 cm³/mol. The Morgan fingerprint density at radius 3 is 2.72 bits per heavy atom. The molecule has 43 heavy (non-hydrogen) atoms. The molecule has 2 aromatic rings. The Labute approximate surface area is 254 Å². The standard InChI is InChI=1S/C33H40N6O3S/c1-31(2)7-6-26-24(13-31)30(37-20-36-26)38-8-9-42-27-5-4-21(10-23(27)15-38)22-11-28(29(34)25-14-32(25,3)12-22)43(40,41)39-18-33(19-39)16-35-17-33/h4-5,10-12,20,25,34-35H,6-9,13-19H2,1-3H3. The number of rotatable bonds is 4. The van der Waals surface area contributed by atoms with E-state index in [0.717, 1.165) is 79.3 Å². The lowest BCUT2D eigenvalue weighted by Crippen LogP contribution is -2.71. The van der Waals surface area contributed by atoms with Gasteiger partial charge in [-0.1, -0.05) is 32.9 Å². The zero-order valence-corrected chi connectivity index (χ0v) is 26.1. The van der Waals surface area contributed by atoms with Crippen molar-refractivity contribution in [1.29, 1.82) is 5.41 Å². The van der Waals surface area contributed by atoms with Gasteiger partial charge in [0, 0.05) is 60.9 Å². The van der Waals surface area contributed by atoms with Crippen LogP contribution < -0.4 is 15.0 Å². The van der Waals surface area contributed by atoms with Gasteiger partial charge in [-0.15, -0.1) is 0 Å². The van der Waals surface area contributed by atoms with Crippen LogP contribution in [0.25, 0.3) is 5.57 Å². The van der Waals surface area contributed by atoms with Gasteiger partial charge in [0.2, 0.25) is 10.0 Å². The Morgan fingerprint density at radius 2 is 1.95 bits per heavy atom. The van der Waals surface area contributed by atoms with Crippen molar-refractivity contribution in [3.63, 3.8) is 0 Å². The van der Waals surface area contributed by atoms with Crippen LogP contribution in [0.4, 0.5) is 5.82 Å². The zero-order chi connectivity index (χ0) is 29.8. The van der Waals surface area contributed by atoms with E-state index in [1.54, 1.807) is 16.7 Å². The molecule has 0 amide bonds. The van der Waals surface area contributed by atoms with Gasteiger partial charge >= 0.3 is 0 Å². The number of nitrogens with one attached hydrogen (secondary N) is 2. The van der Waals surface area contributed by atoms with Gasteiger partial charge in [0.1, 0.15) is 29.4 Å². The summed E-state index contributed by atoms with van der Waals surface area (Å²) in [5, 5.41) is 12.2. The van der Waals surface area contributed by atoms with Crippen molar-refractivity contribution in [2.24, 2.45) is 22.2 Å². The topological polar surface area (TPSA) is 112 Å². The summed E-state index contributed by atoms with van der Waals surface area (Å²) in [5.74, 6) is 1.78. The minimum absolute atomic E-state index is 0.0699. The summed E-state index contributed by atoms with van der Waals surface area (Å²) in [4.78, 5) is 11.9. The quantitative estimate of drug-likeness (QED) is 0.547. The highest BCUT2D eigenvalue weighted by Crippen LogP contribution is 2.58. The summed E-state index contributed by atoms with van der Waals surface area (Å²) in [7, 11) is -3.75. The smallest absolute Gasteiger partial charge is 0.244 e. The summed E-state index contributed by atoms with van der Waals surface area (Å²) in [6.07, 6.45) is 9.51. The highest BCUT2D eigenvalue weighted by molar-refractivity contribution is 7.94. The molecular weight excluding hydrogens is 560 g/mol. The molecule has 2 unspecified atom stereocenters. The first kappa shape index (κ1) is 27.5. The Hall–Kier alpha value is -3.08. The number of allylic oxidation sites excluding steroid dienone is 4. The first-order chi connectivity index (χ1) is 20.5. The molecule has 1 saturated carbocycles. The molecule has 1 aromatic carbocycles. The van der Waals surface area contributed by atoms with Crippen LogP contribution in [0, 0.1) is 27.6 Å². The zero-order valence-electron chi connectivity index (χ0n) is 25.2. The first-order valence-corrected chi connectivity index (χ1v) is 17.0. The minimum atomic E-state index is -3.75. The van der Waals surface area contributed by atoms with E-state index in [9.17, 15) is 8.42 Å². The van der Waals surface area contributed by atoms with Crippen molar-refractivity contribution in [2.45, 2.75) is 53.0 Å². The normalized spacial score (nSPS) is 29.0. The fourth-order valence-electron chi connectivity index (χ4n) is 7.74. The lowest BCUT2D eigenvalue weighted by molar-refractivity contribution is 0.0172. The van der Waals surface area contributed by atoms with Crippen molar-refractivity contribution >= 4 is 27.1 Å². The minimum Gasteiger partial charge on any atom is -0.491 e. The second kappa shape index (κ2) is 9.22. The van der Waals surface area contributed by atoms with Crippen molar-refractivity contribution in [1.82, 2.24) is 19.6 Å². The Kier molecular flexibility index (Phi) is 5.89. The molecule has 2 saturated heterocycles. The van der Waals surface area contributed by atoms with Crippen molar-refractivity contribution < 1.29 is 13.2 Å². The molecule has 2 N–H and O–H groups in total. The van der Waals surface area contributed by atoms with Gasteiger partial charge in [0.05, 0.1) is 12.3 Å². The van der Waals surface area contributed by atoms with Crippen LogP contribution >= 0.6 is 0 Å². The van der Waals surface area contributed by atoms with E-state index in [-0.39, 0.29) is 32.8 Å². The van der Waals surface area contributed by atoms with Crippen molar-refractivity contribution in [2.75, 3.05) is 44.2 Å². The summed E-state index contributed by atoms with van der Waals surface area (Å²) in [6.45, 7) is 11.5. The molecule has 4 heterocycles. The largest absolute Gasteiger partial charge is 0.491 e. The Morgan fingerprint density at radius 1 is 1.14 bits per heavy atom. The van der Waals surface area contributed by atoms with E-state index in [1.807, 2.05) is 12.1 Å². The van der Waals surface area contributed by atoms with Gasteiger partial charge in [-0.25, -0.2) is 18.4 Å². The van der Waals surface area contributed by atoms with E-state index < -0.39 is 10.0 Å². The predicted octanol–water partition coefficient (Wildman–Crippen LogP) is 3.95. The SMILES string of the molecule is CC1(C)CCc2ncnc(N3CCOc4ccc(C5=CC6(C)CC6C(=N)C(S(=O)(=O)N6CC7(CNC7)C6)=C5)cc4C3)c2C1. The molecule has 1 spiro atoms. The summed E-state index contributed by atoms with van der Waals surface area (Å²) in [6, 6.07) is 6.19. The maximum atomic E-state index is 13.9. The lowest BCUT2D eigenvalue weighted by atomic mass is 9.76. The second-order valence-corrected chi connectivity index (χ2v) is 16.6. The molecule has 0 bridgehead atoms. The number of sulfonamides is 1. The van der Waals surface area contributed by atoms with Crippen LogP contribution in [-0.4, -0.2) is 67.7 Å². The Balaban J connectivity index is 1.14. The monoisotopic (exact) mass is 600 g/mol. The highest BCUT2D eigenvalue weighted by Gasteiger charge is 2.57. The maximum absolute atomic E-state index is 13.9. The molecule has 1 aromatic heterocycles. The van der Waals surface area contributed by atoms with Gasteiger partial charge in [-0.3, -0.25) is 0 Å². The lowest BCUT2D eigenvalue weighted by Gasteiger charge is -2.55. The number of nitrogens with zero attached hydrogens (tertiary/aromatic N) is 4. The van der Waals surface area contributed by atoms with Crippen molar-refractivity contribution in [3.8, 4) is 5.75 Å². The fraction of sp³-hybridized carbons (Fsp3) is 0.545. The third-order valence-corrected chi connectivity index (χ3v) is 12.5.